The van der Waals surface area contributed by atoms with Gasteiger partial charge in [0, 0.05) is 24.5 Å². The Bertz CT molecular complexity index is 504. The van der Waals surface area contributed by atoms with Crippen molar-refractivity contribution in [2.45, 2.75) is 25.8 Å². The Hall–Kier alpha value is -1.32. The standard InChI is InChI=1S/C15H20ClN3/c1-3-8-17-14(15-18-9-10-19(15)2)11-12-4-6-13(16)7-5-12/h4-7,9-10,14,17H,3,8,11H2,1-2H3. The summed E-state index contributed by atoms with van der Waals surface area (Å²) in [5, 5.41) is 4.34. The van der Waals surface area contributed by atoms with Gasteiger partial charge < -0.3 is 9.88 Å². The molecular weight excluding hydrogens is 258 g/mol. The molecule has 3 nitrogen and oxygen atoms in total. The van der Waals surface area contributed by atoms with Crippen LogP contribution >= 0.6 is 11.6 Å². The number of rotatable bonds is 6. The second kappa shape index (κ2) is 6.73. The molecule has 1 aromatic carbocycles. The van der Waals surface area contributed by atoms with Gasteiger partial charge in [0.25, 0.3) is 0 Å². The van der Waals surface area contributed by atoms with Crippen LogP contribution in [0.5, 0.6) is 0 Å². The molecule has 1 atom stereocenters. The summed E-state index contributed by atoms with van der Waals surface area (Å²) >= 11 is 5.92. The predicted octanol–water partition coefficient (Wildman–Crippen LogP) is 3.36. The Morgan fingerprint density at radius 1 is 1.32 bits per heavy atom. The molecule has 19 heavy (non-hydrogen) atoms. The smallest absolute Gasteiger partial charge is 0.125 e. The Kier molecular flexibility index (Phi) is 5.00. The van der Waals surface area contributed by atoms with Crippen molar-refractivity contribution >= 4 is 11.6 Å². The van der Waals surface area contributed by atoms with Gasteiger partial charge in [-0.15, -0.1) is 0 Å². The first-order valence-electron chi connectivity index (χ1n) is 6.65. The first kappa shape index (κ1) is 14.1. The van der Waals surface area contributed by atoms with Crippen LogP contribution in [-0.2, 0) is 13.5 Å². The van der Waals surface area contributed by atoms with Gasteiger partial charge in [0.15, 0.2) is 0 Å². The second-order valence-electron chi connectivity index (χ2n) is 4.73. The van der Waals surface area contributed by atoms with Gasteiger partial charge in [-0.2, -0.15) is 0 Å². The molecule has 0 aliphatic heterocycles. The maximum atomic E-state index is 5.92. The minimum absolute atomic E-state index is 0.237. The SMILES string of the molecule is CCCNC(Cc1ccc(Cl)cc1)c1nccn1C. The van der Waals surface area contributed by atoms with Crippen LogP contribution in [0.1, 0.15) is 30.8 Å². The zero-order valence-corrected chi connectivity index (χ0v) is 12.2. The number of hydrogen-bond donors (Lipinski definition) is 1. The fourth-order valence-corrected chi connectivity index (χ4v) is 2.27. The summed E-state index contributed by atoms with van der Waals surface area (Å²) in [7, 11) is 2.03. The van der Waals surface area contributed by atoms with Crippen LogP contribution in [0.3, 0.4) is 0 Å². The van der Waals surface area contributed by atoms with Crippen molar-refractivity contribution in [2.75, 3.05) is 6.54 Å². The summed E-state index contributed by atoms with van der Waals surface area (Å²) in [6.07, 6.45) is 5.86. The Labute approximate surface area is 119 Å². The zero-order chi connectivity index (χ0) is 13.7. The third-order valence-corrected chi connectivity index (χ3v) is 3.42. The second-order valence-corrected chi connectivity index (χ2v) is 5.17. The first-order valence-corrected chi connectivity index (χ1v) is 7.03. The molecule has 1 aromatic heterocycles. The van der Waals surface area contributed by atoms with E-state index >= 15 is 0 Å². The maximum Gasteiger partial charge on any atom is 0.125 e. The summed E-state index contributed by atoms with van der Waals surface area (Å²) in [5.74, 6) is 1.07. The van der Waals surface area contributed by atoms with Crippen molar-refractivity contribution in [3.63, 3.8) is 0 Å². The van der Waals surface area contributed by atoms with E-state index < -0.39 is 0 Å². The topological polar surface area (TPSA) is 29.9 Å². The Morgan fingerprint density at radius 3 is 2.63 bits per heavy atom. The zero-order valence-electron chi connectivity index (χ0n) is 11.4. The molecular formula is C15H20ClN3. The third-order valence-electron chi connectivity index (χ3n) is 3.16. The number of halogens is 1. The lowest BCUT2D eigenvalue weighted by Crippen LogP contribution is -2.26. The average Bonchev–Trinajstić information content (AvgIpc) is 2.83. The number of benzene rings is 1. The highest BCUT2D eigenvalue weighted by molar-refractivity contribution is 6.30. The summed E-state index contributed by atoms with van der Waals surface area (Å²) in [4.78, 5) is 4.46. The van der Waals surface area contributed by atoms with Crippen molar-refractivity contribution in [1.82, 2.24) is 14.9 Å². The van der Waals surface area contributed by atoms with Crippen molar-refractivity contribution < 1.29 is 0 Å². The van der Waals surface area contributed by atoms with Gasteiger partial charge >= 0.3 is 0 Å². The molecule has 0 aliphatic rings. The molecule has 1 unspecified atom stereocenters. The van der Waals surface area contributed by atoms with Crippen molar-refractivity contribution in [3.8, 4) is 0 Å². The van der Waals surface area contributed by atoms with Crippen molar-refractivity contribution in [1.29, 1.82) is 0 Å². The average molecular weight is 278 g/mol. The number of aryl methyl sites for hydroxylation is 1. The number of imidazole rings is 1. The van der Waals surface area contributed by atoms with Crippen molar-refractivity contribution in [3.05, 3.63) is 53.1 Å². The highest BCUT2D eigenvalue weighted by Crippen LogP contribution is 2.18. The van der Waals surface area contributed by atoms with E-state index in [1.807, 2.05) is 31.6 Å². The summed E-state index contributed by atoms with van der Waals surface area (Å²) in [6.45, 7) is 3.16. The van der Waals surface area contributed by atoms with E-state index in [0.29, 0.717) is 0 Å². The molecule has 0 radical (unpaired) electrons. The van der Waals surface area contributed by atoms with Crippen LogP contribution in [0, 0.1) is 0 Å². The molecule has 0 aliphatic carbocycles. The van der Waals surface area contributed by atoms with E-state index in [2.05, 4.69) is 33.9 Å². The molecule has 0 bridgehead atoms. The lowest BCUT2D eigenvalue weighted by Gasteiger charge is -2.18. The summed E-state index contributed by atoms with van der Waals surface area (Å²) in [5.41, 5.74) is 1.26. The van der Waals surface area contributed by atoms with E-state index in [1.165, 1.54) is 5.56 Å². The normalized spacial score (nSPS) is 12.6. The molecule has 0 saturated heterocycles. The lowest BCUT2D eigenvalue weighted by molar-refractivity contribution is 0.491. The molecule has 4 heteroatoms. The van der Waals surface area contributed by atoms with E-state index in [9.17, 15) is 0 Å². The minimum atomic E-state index is 0.237. The van der Waals surface area contributed by atoms with Gasteiger partial charge in [0.2, 0.25) is 0 Å². The van der Waals surface area contributed by atoms with Crippen LogP contribution in [0.15, 0.2) is 36.7 Å². The summed E-state index contributed by atoms with van der Waals surface area (Å²) < 4.78 is 2.07. The van der Waals surface area contributed by atoms with Crippen LogP contribution in [-0.4, -0.2) is 16.1 Å². The Morgan fingerprint density at radius 2 is 2.05 bits per heavy atom. The predicted molar refractivity (Wildman–Crippen MR) is 79.4 cm³/mol. The van der Waals surface area contributed by atoms with Gasteiger partial charge in [-0.1, -0.05) is 30.7 Å². The molecule has 102 valence electrons. The molecule has 2 rings (SSSR count). The van der Waals surface area contributed by atoms with Gasteiger partial charge in [-0.05, 0) is 37.1 Å². The van der Waals surface area contributed by atoms with E-state index in [0.717, 1.165) is 30.2 Å². The molecule has 2 aromatic rings. The monoisotopic (exact) mass is 277 g/mol. The largest absolute Gasteiger partial charge is 0.337 e. The molecule has 1 N–H and O–H groups in total. The number of aromatic nitrogens is 2. The van der Waals surface area contributed by atoms with Gasteiger partial charge in [-0.25, -0.2) is 4.98 Å². The van der Waals surface area contributed by atoms with E-state index in [-0.39, 0.29) is 6.04 Å². The van der Waals surface area contributed by atoms with Gasteiger partial charge in [0.05, 0.1) is 6.04 Å². The lowest BCUT2D eigenvalue weighted by atomic mass is 10.1. The van der Waals surface area contributed by atoms with Crippen LogP contribution in [0.2, 0.25) is 5.02 Å². The Balaban J connectivity index is 2.14. The first-order chi connectivity index (χ1) is 9.20. The third kappa shape index (κ3) is 3.82. The van der Waals surface area contributed by atoms with Crippen LogP contribution in [0.4, 0.5) is 0 Å². The van der Waals surface area contributed by atoms with Crippen LogP contribution in [0.25, 0.3) is 0 Å². The maximum absolute atomic E-state index is 5.92. The summed E-state index contributed by atoms with van der Waals surface area (Å²) in [6, 6.07) is 8.26. The van der Waals surface area contributed by atoms with Crippen molar-refractivity contribution in [2.24, 2.45) is 7.05 Å². The van der Waals surface area contributed by atoms with E-state index in [1.54, 1.807) is 0 Å². The number of nitrogens with one attached hydrogen (secondary N) is 1. The van der Waals surface area contributed by atoms with Crippen LogP contribution < -0.4 is 5.32 Å². The molecule has 0 amide bonds. The van der Waals surface area contributed by atoms with Gasteiger partial charge in [-0.3, -0.25) is 0 Å². The minimum Gasteiger partial charge on any atom is -0.337 e. The number of nitrogens with zero attached hydrogens (tertiary/aromatic N) is 2. The van der Waals surface area contributed by atoms with E-state index in [4.69, 9.17) is 11.6 Å². The molecule has 0 saturated carbocycles. The highest BCUT2D eigenvalue weighted by Gasteiger charge is 2.15. The molecule has 1 heterocycles. The molecule has 0 spiro atoms. The number of hydrogen-bond acceptors (Lipinski definition) is 2. The van der Waals surface area contributed by atoms with Gasteiger partial charge in [0.1, 0.15) is 5.82 Å². The fraction of sp³-hybridized carbons (Fsp3) is 0.400. The highest BCUT2D eigenvalue weighted by atomic mass is 35.5. The molecule has 0 fully saturated rings. The quantitative estimate of drug-likeness (QED) is 0.877. The fourth-order valence-electron chi connectivity index (χ4n) is 2.14.